The number of hydrogen-bond donors (Lipinski definition) is 1. The van der Waals surface area contributed by atoms with Gasteiger partial charge in [0.05, 0.1) is 15.6 Å². The van der Waals surface area contributed by atoms with Crippen molar-refractivity contribution in [3.05, 3.63) is 93.5 Å². The minimum absolute atomic E-state index is 0.00861. The lowest BCUT2D eigenvalue weighted by atomic mass is 9.96. The molecule has 0 heterocycles. The van der Waals surface area contributed by atoms with Gasteiger partial charge in [-0.05, 0) is 67.4 Å². The molecule has 1 aliphatic rings. The number of carbonyl (C=O) groups excluding carboxylic acids is 2. The first-order valence-corrected chi connectivity index (χ1v) is 13.9. The van der Waals surface area contributed by atoms with Crippen molar-refractivity contribution in [2.24, 2.45) is 0 Å². The minimum Gasteiger partial charge on any atom is -0.321 e. The van der Waals surface area contributed by atoms with Crippen molar-refractivity contribution in [2.75, 3.05) is 12.4 Å². The number of rotatable bonds is 7. The molecule has 36 heavy (non-hydrogen) atoms. The van der Waals surface area contributed by atoms with Gasteiger partial charge in [0.15, 0.2) is 5.78 Å². The van der Waals surface area contributed by atoms with E-state index in [1.54, 1.807) is 43.4 Å². The molecular weight excluding hydrogens is 519 g/mol. The van der Waals surface area contributed by atoms with Crippen LogP contribution in [0.4, 0.5) is 5.69 Å². The second-order valence-corrected chi connectivity index (χ2v) is 11.6. The van der Waals surface area contributed by atoms with Gasteiger partial charge >= 0.3 is 0 Å². The van der Waals surface area contributed by atoms with Crippen LogP contribution >= 0.6 is 23.2 Å². The fourth-order valence-corrected chi connectivity index (χ4v) is 6.19. The SMILES string of the molecule is CN(C1CCCCC1)S(=O)(=O)c1ccc(C(=O)Nc2ccc(Cl)cc2C(=O)c2ccccc2Cl)cc1. The van der Waals surface area contributed by atoms with Crippen molar-refractivity contribution in [1.82, 2.24) is 4.31 Å². The summed E-state index contributed by atoms with van der Waals surface area (Å²) < 4.78 is 27.6. The first-order chi connectivity index (χ1) is 17.2. The lowest BCUT2D eigenvalue weighted by Gasteiger charge is -2.30. The number of amides is 1. The van der Waals surface area contributed by atoms with Crippen LogP contribution in [-0.4, -0.2) is 37.5 Å². The third kappa shape index (κ3) is 5.65. The standard InChI is InChI=1S/C27H26Cl2N2O4S/c1-31(20-7-3-2-4-8-20)36(34,35)21-14-11-18(12-15-21)27(33)30-25-16-13-19(28)17-23(25)26(32)22-9-5-6-10-24(22)29/h5-6,9-17,20H,2-4,7-8H2,1H3,(H,30,33). The average Bonchev–Trinajstić information content (AvgIpc) is 2.89. The Hall–Kier alpha value is -2.71. The maximum absolute atomic E-state index is 13.1. The third-order valence-corrected chi connectivity index (χ3v) is 8.96. The van der Waals surface area contributed by atoms with Gasteiger partial charge < -0.3 is 5.32 Å². The van der Waals surface area contributed by atoms with Gasteiger partial charge in [0.1, 0.15) is 0 Å². The molecule has 1 amide bonds. The quantitative estimate of drug-likeness (QED) is 0.347. The summed E-state index contributed by atoms with van der Waals surface area (Å²) in [6.45, 7) is 0. The van der Waals surface area contributed by atoms with Gasteiger partial charge in [0, 0.05) is 34.8 Å². The molecule has 0 radical (unpaired) electrons. The predicted octanol–water partition coefficient (Wildman–Crippen LogP) is 6.43. The van der Waals surface area contributed by atoms with Crippen molar-refractivity contribution >= 4 is 50.6 Å². The Balaban J connectivity index is 1.54. The highest BCUT2D eigenvalue weighted by molar-refractivity contribution is 7.89. The number of carbonyl (C=O) groups is 2. The maximum atomic E-state index is 13.1. The van der Waals surface area contributed by atoms with Gasteiger partial charge in [-0.3, -0.25) is 9.59 Å². The summed E-state index contributed by atoms with van der Waals surface area (Å²) >= 11 is 12.3. The van der Waals surface area contributed by atoms with Gasteiger partial charge in [-0.2, -0.15) is 4.31 Å². The van der Waals surface area contributed by atoms with E-state index in [0.717, 1.165) is 32.1 Å². The molecule has 0 aromatic heterocycles. The predicted molar refractivity (Wildman–Crippen MR) is 143 cm³/mol. The fourth-order valence-electron chi connectivity index (χ4n) is 4.38. The average molecular weight is 545 g/mol. The van der Waals surface area contributed by atoms with E-state index in [1.165, 1.54) is 34.6 Å². The van der Waals surface area contributed by atoms with Crippen LogP contribution in [0.3, 0.4) is 0 Å². The molecule has 0 bridgehead atoms. The molecule has 4 rings (SSSR count). The first kappa shape index (κ1) is 26.4. The third-order valence-electron chi connectivity index (χ3n) is 6.48. The molecule has 0 unspecified atom stereocenters. The van der Waals surface area contributed by atoms with E-state index in [4.69, 9.17) is 23.2 Å². The number of anilines is 1. The van der Waals surface area contributed by atoms with Crippen LogP contribution in [0, 0.1) is 0 Å². The van der Waals surface area contributed by atoms with Gasteiger partial charge in [-0.1, -0.05) is 54.6 Å². The molecule has 188 valence electrons. The zero-order valence-corrected chi connectivity index (χ0v) is 22.0. The van der Waals surface area contributed by atoms with Gasteiger partial charge in [0.2, 0.25) is 10.0 Å². The molecule has 6 nitrogen and oxygen atoms in total. The van der Waals surface area contributed by atoms with Crippen molar-refractivity contribution in [3.8, 4) is 0 Å². The molecule has 1 N–H and O–H groups in total. The Morgan fingerprint density at radius 1 is 0.889 bits per heavy atom. The van der Waals surface area contributed by atoms with Crippen LogP contribution < -0.4 is 5.32 Å². The molecule has 0 aliphatic heterocycles. The van der Waals surface area contributed by atoms with E-state index >= 15 is 0 Å². The van der Waals surface area contributed by atoms with E-state index in [-0.39, 0.29) is 44.1 Å². The van der Waals surface area contributed by atoms with Crippen LogP contribution in [-0.2, 0) is 10.0 Å². The Bertz CT molecular complexity index is 1390. The highest BCUT2D eigenvalue weighted by Gasteiger charge is 2.29. The molecule has 3 aromatic rings. The number of benzene rings is 3. The maximum Gasteiger partial charge on any atom is 0.255 e. The molecule has 1 saturated carbocycles. The highest BCUT2D eigenvalue weighted by atomic mass is 35.5. The molecule has 1 fully saturated rings. The topological polar surface area (TPSA) is 83.6 Å². The van der Waals surface area contributed by atoms with Crippen LogP contribution in [0.5, 0.6) is 0 Å². The molecule has 0 atom stereocenters. The highest BCUT2D eigenvalue weighted by Crippen LogP contribution is 2.28. The summed E-state index contributed by atoms with van der Waals surface area (Å²) in [5.74, 6) is -0.874. The van der Waals surface area contributed by atoms with Crippen molar-refractivity contribution in [2.45, 2.75) is 43.0 Å². The van der Waals surface area contributed by atoms with Crippen LogP contribution in [0.15, 0.2) is 71.6 Å². The number of hydrogen-bond acceptors (Lipinski definition) is 4. The Kier molecular flexibility index (Phi) is 8.15. The number of nitrogens with zero attached hydrogens (tertiary/aromatic N) is 1. The molecular formula is C27H26Cl2N2O4S. The van der Waals surface area contributed by atoms with E-state index in [2.05, 4.69) is 5.32 Å². The molecule has 3 aromatic carbocycles. The lowest BCUT2D eigenvalue weighted by molar-refractivity contribution is 0.102. The van der Waals surface area contributed by atoms with E-state index in [9.17, 15) is 18.0 Å². The summed E-state index contributed by atoms with van der Waals surface area (Å²) in [5, 5.41) is 3.36. The summed E-state index contributed by atoms with van der Waals surface area (Å²) in [5.41, 5.74) is 0.995. The van der Waals surface area contributed by atoms with Crippen molar-refractivity contribution in [3.63, 3.8) is 0 Å². The Morgan fingerprint density at radius 2 is 1.56 bits per heavy atom. The van der Waals surface area contributed by atoms with Crippen LogP contribution in [0.25, 0.3) is 0 Å². The van der Waals surface area contributed by atoms with Gasteiger partial charge in [0.25, 0.3) is 5.91 Å². The number of ketones is 1. The Labute approximate surface area is 221 Å². The van der Waals surface area contributed by atoms with Crippen LogP contribution in [0.1, 0.15) is 58.4 Å². The lowest BCUT2D eigenvalue weighted by Crippen LogP contribution is -2.38. The second kappa shape index (κ2) is 11.1. The number of halogens is 2. The first-order valence-electron chi connectivity index (χ1n) is 11.7. The van der Waals surface area contributed by atoms with Crippen molar-refractivity contribution < 1.29 is 18.0 Å². The van der Waals surface area contributed by atoms with E-state index < -0.39 is 15.9 Å². The summed E-state index contributed by atoms with van der Waals surface area (Å²) in [4.78, 5) is 26.3. The van der Waals surface area contributed by atoms with Gasteiger partial charge in [-0.25, -0.2) is 8.42 Å². The normalized spacial score (nSPS) is 14.6. The fraction of sp³-hybridized carbons (Fsp3) is 0.259. The largest absolute Gasteiger partial charge is 0.321 e. The molecule has 0 spiro atoms. The Morgan fingerprint density at radius 3 is 2.22 bits per heavy atom. The minimum atomic E-state index is -3.67. The van der Waals surface area contributed by atoms with Crippen LogP contribution in [0.2, 0.25) is 10.0 Å². The van der Waals surface area contributed by atoms with Crippen molar-refractivity contribution in [1.29, 1.82) is 0 Å². The number of sulfonamides is 1. The summed E-state index contributed by atoms with van der Waals surface area (Å²) in [6, 6.07) is 17.0. The second-order valence-electron chi connectivity index (χ2n) is 8.79. The van der Waals surface area contributed by atoms with E-state index in [1.807, 2.05) is 0 Å². The number of nitrogens with one attached hydrogen (secondary N) is 1. The van der Waals surface area contributed by atoms with Gasteiger partial charge in [-0.15, -0.1) is 0 Å². The van der Waals surface area contributed by atoms with E-state index in [0.29, 0.717) is 5.02 Å². The summed E-state index contributed by atoms with van der Waals surface area (Å²) in [6.07, 6.45) is 4.89. The summed E-state index contributed by atoms with van der Waals surface area (Å²) in [7, 11) is -2.05. The smallest absolute Gasteiger partial charge is 0.255 e. The monoisotopic (exact) mass is 544 g/mol. The molecule has 1 aliphatic carbocycles. The molecule has 0 saturated heterocycles. The zero-order chi connectivity index (χ0) is 25.9. The zero-order valence-electron chi connectivity index (χ0n) is 19.7. The molecule has 9 heteroatoms.